The molecule has 0 aromatic carbocycles. The fourth-order valence-electron chi connectivity index (χ4n) is 3.31. The van der Waals surface area contributed by atoms with E-state index in [0.717, 1.165) is 19.3 Å². The Kier molecular flexibility index (Phi) is 4.36. The number of hydrogen-bond donors (Lipinski definition) is 1. The second-order valence-corrected chi connectivity index (χ2v) is 7.83. The Morgan fingerprint density at radius 1 is 1.19 bits per heavy atom. The molecule has 0 aromatic rings. The highest BCUT2D eigenvalue weighted by Crippen LogP contribution is 2.39. The van der Waals surface area contributed by atoms with Crippen molar-refractivity contribution in [2.24, 2.45) is 11.3 Å². The minimum atomic E-state index is -0.645. The summed E-state index contributed by atoms with van der Waals surface area (Å²) in [5, 5.41) is 3.02. The van der Waals surface area contributed by atoms with Crippen LogP contribution in [0.25, 0.3) is 0 Å². The maximum Gasteiger partial charge on any atom is 0.246 e. The fourth-order valence-corrected chi connectivity index (χ4v) is 3.31. The average molecular weight is 294 g/mol. The van der Waals surface area contributed by atoms with Gasteiger partial charge in [0.05, 0.1) is 0 Å². The van der Waals surface area contributed by atoms with Crippen molar-refractivity contribution >= 4 is 11.8 Å². The Morgan fingerprint density at radius 3 is 2.19 bits per heavy atom. The third-order valence-electron chi connectivity index (χ3n) is 5.11. The van der Waals surface area contributed by atoms with Gasteiger partial charge in [0, 0.05) is 6.54 Å². The molecule has 1 heterocycles. The summed E-state index contributed by atoms with van der Waals surface area (Å²) in [7, 11) is 0. The largest absolute Gasteiger partial charge is 0.342 e. The van der Waals surface area contributed by atoms with Crippen LogP contribution >= 0.6 is 0 Å². The highest BCUT2D eigenvalue weighted by Gasteiger charge is 2.53. The van der Waals surface area contributed by atoms with E-state index in [9.17, 15) is 9.59 Å². The lowest BCUT2D eigenvalue weighted by Crippen LogP contribution is -2.71. The summed E-state index contributed by atoms with van der Waals surface area (Å²) in [5.41, 5.74) is -0.482. The zero-order valence-corrected chi connectivity index (χ0v) is 14.2. The first-order valence-electron chi connectivity index (χ1n) is 8.37. The Hall–Kier alpha value is -1.06. The van der Waals surface area contributed by atoms with E-state index >= 15 is 0 Å². The monoisotopic (exact) mass is 294 g/mol. The van der Waals surface area contributed by atoms with Crippen molar-refractivity contribution in [3.05, 3.63) is 0 Å². The molecule has 120 valence electrons. The van der Waals surface area contributed by atoms with Crippen LogP contribution in [0.3, 0.4) is 0 Å². The molecule has 1 aliphatic carbocycles. The lowest BCUT2D eigenvalue weighted by Gasteiger charge is -2.48. The van der Waals surface area contributed by atoms with Crippen molar-refractivity contribution in [1.82, 2.24) is 10.2 Å². The summed E-state index contributed by atoms with van der Waals surface area (Å²) >= 11 is 0. The van der Waals surface area contributed by atoms with Gasteiger partial charge in [-0.05, 0) is 43.4 Å². The lowest BCUT2D eigenvalue weighted by atomic mass is 9.83. The number of nitrogens with one attached hydrogen (secondary N) is 1. The Morgan fingerprint density at radius 2 is 1.76 bits per heavy atom. The molecule has 0 radical (unpaired) electrons. The molecule has 1 N–H and O–H groups in total. The molecule has 2 amide bonds. The van der Waals surface area contributed by atoms with Crippen molar-refractivity contribution < 1.29 is 9.59 Å². The summed E-state index contributed by atoms with van der Waals surface area (Å²) < 4.78 is 0. The Balaban J connectivity index is 2.25. The predicted molar refractivity (Wildman–Crippen MR) is 83.8 cm³/mol. The molecule has 1 atom stereocenters. The van der Waals surface area contributed by atoms with Gasteiger partial charge < -0.3 is 10.2 Å². The molecule has 1 saturated carbocycles. The summed E-state index contributed by atoms with van der Waals surface area (Å²) in [6, 6.07) is -0.274. The smallest absolute Gasteiger partial charge is 0.246 e. The molecule has 2 rings (SSSR count). The van der Waals surface area contributed by atoms with Gasteiger partial charge in [0.25, 0.3) is 0 Å². The van der Waals surface area contributed by atoms with Crippen LogP contribution in [0.4, 0.5) is 0 Å². The van der Waals surface area contributed by atoms with Crippen molar-refractivity contribution in [2.75, 3.05) is 6.54 Å². The van der Waals surface area contributed by atoms with E-state index in [0.29, 0.717) is 25.3 Å². The van der Waals surface area contributed by atoms with Gasteiger partial charge in [0.1, 0.15) is 11.6 Å². The average Bonchev–Trinajstić information content (AvgIpc) is 3.22. The minimum Gasteiger partial charge on any atom is -0.342 e. The third-order valence-corrected chi connectivity index (χ3v) is 5.11. The number of carbonyl (C=O) groups excluding carboxylic acids is 2. The topological polar surface area (TPSA) is 49.4 Å². The standard InChI is InChI=1S/C17H30N2O2/c1-6-17(7-2)15(21)18-13(12-8-9-12)14(20)19(17)11-10-16(3,4)5/h12-13H,6-11H2,1-5H3,(H,18,21). The highest BCUT2D eigenvalue weighted by atomic mass is 16.2. The maximum atomic E-state index is 12.9. The van der Waals surface area contributed by atoms with E-state index in [1.165, 1.54) is 0 Å². The summed E-state index contributed by atoms with van der Waals surface area (Å²) in [6.07, 6.45) is 4.42. The molecule has 4 nitrogen and oxygen atoms in total. The SMILES string of the molecule is CCC1(CC)C(=O)NC(C2CC2)C(=O)N1CCC(C)(C)C. The first-order chi connectivity index (χ1) is 9.75. The second kappa shape index (κ2) is 5.62. The van der Waals surface area contributed by atoms with Gasteiger partial charge in [-0.2, -0.15) is 0 Å². The van der Waals surface area contributed by atoms with Crippen molar-refractivity contribution in [3.63, 3.8) is 0 Å². The molecule has 2 fully saturated rings. The molecule has 4 heteroatoms. The quantitative estimate of drug-likeness (QED) is 0.847. The van der Waals surface area contributed by atoms with Crippen LogP contribution in [-0.2, 0) is 9.59 Å². The van der Waals surface area contributed by atoms with E-state index < -0.39 is 5.54 Å². The van der Waals surface area contributed by atoms with E-state index in [-0.39, 0.29) is 23.3 Å². The van der Waals surface area contributed by atoms with Crippen LogP contribution in [0.15, 0.2) is 0 Å². The third kappa shape index (κ3) is 3.09. The van der Waals surface area contributed by atoms with E-state index in [4.69, 9.17) is 0 Å². The minimum absolute atomic E-state index is 0.0536. The number of rotatable bonds is 5. The molecule has 1 unspecified atom stereocenters. The lowest BCUT2D eigenvalue weighted by molar-refractivity contribution is -0.159. The molecule has 0 bridgehead atoms. The summed E-state index contributed by atoms with van der Waals surface area (Å²) in [6.45, 7) is 11.2. The van der Waals surface area contributed by atoms with E-state index in [2.05, 4.69) is 26.1 Å². The van der Waals surface area contributed by atoms with Gasteiger partial charge >= 0.3 is 0 Å². The van der Waals surface area contributed by atoms with Gasteiger partial charge in [0.15, 0.2) is 0 Å². The number of hydrogen-bond acceptors (Lipinski definition) is 2. The van der Waals surface area contributed by atoms with Crippen LogP contribution in [0, 0.1) is 11.3 Å². The Labute approximate surface area is 128 Å². The number of carbonyl (C=O) groups is 2. The van der Waals surface area contributed by atoms with E-state index in [1.807, 2.05) is 18.7 Å². The molecular weight excluding hydrogens is 264 g/mol. The molecule has 1 saturated heterocycles. The zero-order valence-electron chi connectivity index (χ0n) is 14.2. The molecule has 0 aromatic heterocycles. The molecule has 21 heavy (non-hydrogen) atoms. The normalized spacial score (nSPS) is 26.0. The first kappa shape index (κ1) is 16.3. The summed E-state index contributed by atoms with van der Waals surface area (Å²) in [5.74, 6) is 0.563. The van der Waals surface area contributed by atoms with Gasteiger partial charge in [-0.1, -0.05) is 34.6 Å². The molecule has 2 aliphatic rings. The van der Waals surface area contributed by atoms with Gasteiger partial charge in [-0.25, -0.2) is 0 Å². The number of nitrogens with zero attached hydrogens (tertiary/aromatic N) is 1. The van der Waals surface area contributed by atoms with Crippen LogP contribution in [0.2, 0.25) is 0 Å². The van der Waals surface area contributed by atoms with Gasteiger partial charge in [0.2, 0.25) is 11.8 Å². The zero-order chi connectivity index (χ0) is 15.8. The fraction of sp³-hybridized carbons (Fsp3) is 0.882. The van der Waals surface area contributed by atoms with Crippen molar-refractivity contribution in [3.8, 4) is 0 Å². The Bertz CT molecular complexity index is 417. The maximum absolute atomic E-state index is 12.9. The van der Waals surface area contributed by atoms with Crippen molar-refractivity contribution in [2.45, 2.75) is 78.3 Å². The van der Waals surface area contributed by atoms with Crippen LogP contribution in [0.1, 0.15) is 66.7 Å². The number of amides is 2. The number of piperazine rings is 1. The van der Waals surface area contributed by atoms with Crippen LogP contribution in [-0.4, -0.2) is 34.8 Å². The second-order valence-electron chi connectivity index (χ2n) is 7.83. The van der Waals surface area contributed by atoms with Crippen molar-refractivity contribution in [1.29, 1.82) is 0 Å². The highest BCUT2D eigenvalue weighted by molar-refractivity contribution is 6.00. The molecule has 1 aliphatic heterocycles. The molecular formula is C17H30N2O2. The van der Waals surface area contributed by atoms with E-state index in [1.54, 1.807) is 0 Å². The summed E-state index contributed by atoms with van der Waals surface area (Å²) in [4.78, 5) is 27.5. The van der Waals surface area contributed by atoms with Crippen LogP contribution in [0.5, 0.6) is 0 Å². The van der Waals surface area contributed by atoms with Gasteiger partial charge in [-0.3, -0.25) is 9.59 Å². The van der Waals surface area contributed by atoms with Crippen LogP contribution < -0.4 is 5.32 Å². The molecule has 0 spiro atoms. The predicted octanol–water partition coefficient (Wildman–Crippen LogP) is 2.72. The first-order valence-corrected chi connectivity index (χ1v) is 8.37. The van der Waals surface area contributed by atoms with Gasteiger partial charge in [-0.15, -0.1) is 0 Å².